The van der Waals surface area contributed by atoms with Crippen LogP contribution in [0, 0.1) is 11.7 Å². The van der Waals surface area contributed by atoms with Crippen molar-refractivity contribution in [3.05, 3.63) is 113 Å². The number of piperidine rings is 2. The van der Waals surface area contributed by atoms with Gasteiger partial charge in [-0.05, 0) is 96.4 Å². The van der Waals surface area contributed by atoms with Crippen molar-refractivity contribution in [2.45, 2.75) is 31.7 Å². The third-order valence-corrected chi connectivity index (χ3v) is 16.0. The van der Waals surface area contributed by atoms with Crippen LogP contribution >= 0.6 is 23.1 Å². The number of aromatic nitrogens is 4. The van der Waals surface area contributed by atoms with E-state index in [9.17, 15) is 23.7 Å². The molecule has 0 saturated carbocycles. The predicted molar refractivity (Wildman–Crippen MR) is 279 cm³/mol. The van der Waals surface area contributed by atoms with Gasteiger partial charge in [-0.1, -0.05) is 30.3 Å². The maximum atomic E-state index is 16.3. The minimum Gasteiger partial charge on any atom is -0.494 e. The first-order chi connectivity index (χ1) is 34.6. The van der Waals surface area contributed by atoms with Crippen LogP contribution in [0.15, 0.2) is 95.9 Å². The molecule has 0 spiro atoms. The first kappa shape index (κ1) is 48.7. The number of halogens is 2. The highest BCUT2D eigenvalue weighted by Gasteiger charge is 2.45. The number of rotatable bonds is 13. The van der Waals surface area contributed by atoms with Crippen LogP contribution in [0.3, 0.4) is 0 Å². The van der Waals surface area contributed by atoms with Crippen LogP contribution in [0.1, 0.15) is 46.4 Å². The van der Waals surface area contributed by atoms with E-state index in [0.717, 1.165) is 86.1 Å². The Morgan fingerprint density at radius 1 is 0.806 bits per heavy atom. The Bertz CT molecular complexity index is 3170. The Morgan fingerprint density at radius 3 is 2.24 bits per heavy atom. The summed E-state index contributed by atoms with van der Waals surface area (Å²) in [5, 5.41) is 13.4. The average Bonchev–Trinajstić information content (AvgIpc) is 3.91. The highest BCUT2D eigenvalue weighted by Crippen LogP contribution is 2.44. The number of aryl methyl sites for hydroxylation is 1. The smallest absolute Gasteiger partial charge is 0.262 e. The highest BCUT2D eigenvalue weighted by molar-refractivity contribution is 9.10. The molecular weight excluding hydrogens is 1000 g/mol. The predicted octanol–water partition coefficient (Wildman–Crippen LogP) is 7.63. The van der Waals surface area contributed by atoms with Crippen LogP contribution in [0.25, 0.3) is 22.3 Å². The summed E-state index contributed by atoms with van der Waals surface area (Å²) in [7, 11) is 0.379. The highest BCUT2D eigenvalue weighted by atomic mass is 79.9. The minimum atomic E-state index is -3.13. The van der Waals surface area contributed by atoms with Crippen molar-refractivity contribution in [3.8, 4) is 28.0 Å². The Balaban J connectivity index is 0.803. The van der Waals surface area contributed by atoms with Crippen LogP contribution in [0.2, 0.25) is 0 Å². The molecule has 17 nitrogen and oxygen atoms in total. The van der Waals surface area contributed by atoms with Crippen LogP contribution in [-0.2, 0) is 21.2 Å². The molecule has 3 saturated heterocycles. The standard InChI is InChI=1S/C52H54BrFN11O6P/c1-61-30-33(27-56-61)37-25-41(58-52-55-28-39(53)48(60-52)57-40-13-12-35(32-8-6-5-7-9-32)46(54)47(40)72(3,4)70)44(71-2)26-43(37)64-22-20-62(21-23-64)29-31-16-18-63(19-17-31)34-10-11-36-38(24-34)51(69)65(50(36)68)42-14-15-45(66)59-49(42)67/h5-13,24-28,30-31,42H,14-23,29H2,1-4H3,(H,59,66,67)(H2,55,57,58,60). The zero-order chi connectivity index (χ0) is 50.4. The van der Waals surface area contributed by atoms with Gasteiger partial charge >= 0.3 is 0 Å². The Kier molecular flexibility index (Phi) is 13.5. The number of carbonyl (C=O) groups is 4. The summed E-state index contributed by atoms with van der Waals surface area (Å²) in [4.78, 5) is 68.5. The van der Waals surface area contributed by atoms with Crippen LogP contribution in [0.5, 0.6) is 5.75 Å². The van der Waals surface area contributed by atoms with Crippen molar-refractivity contribution in [1.82, 2.24) is 34.9 Å². The summed E-state index contributed by atoms with van der Waals surface area (Å²) in [6.45, 7) is 9.02. The molecule has 6 aromatic rings. The summed E-state index contributed by atoms with van der Waals surface area (Å²) in [5.41, 5.74) is 6.33. The molecule has 10 rings (SSSR count). The fraction of sp³-hybridized carbons (Fsp3) is 0.327. The third kappa shape index (κ3) is 9.72. The number of fused-ring (bicyclic) bond motifs is 1. The van der Waals surface area contributed by atoms with Gasteiger partial charge < -0.3 is 29.7 Å². The molecule has 6 heterocycles. The number of ether oxygens (including phenoxy) is 1. The number of piperazine rings is 1. The number of carbonyl (C=O) groups excluding carboxylic acids is 4. The monoisotopic (exact) mass is 1060 g/mol. The van der Waals surface area contributed by atoms with Crippen molar-refractivity contribution < 1.29 is 32.9 Å². The van der Waals surface area contributed by atoms with E-state index in [4.69, 9.17) is 9.72 Å². The molecule has 2 aromatic heterocycles. The lowest BCUT2D eigenvalue weighted by Crippen LogP contribution is -2.54. The van der Waals surface area contributed by atoms with Crippen molar-refractivity contribution in [1.29, 1.82) is 0 Å². The Morgan fingerprint density at radius 2 is 1.54 bits per heavy atom. The largest absolute Gasteiger partial charge is 0.494 e. The molecule has 3 fully saturated rings. The normalized spacial score (nSPS) is 17.9. The van der Waals surface area contributed by atoms with Crippen molar-refractivity contribution >= 4 is 86.5 Å². The van der Waals surface area contributed by atoms with E-state index >= 15 is 4.39 Å². The van der Waals surface area contributed by atoms with Gasteiger partial charge in [0.2, 0.25) is 17.8 Å². The number of amides is 4. The van der Waals surface area contributed by atoms with Gasteiger partial charge in [-0.25, -0.2) is 9.37 Å². The fourth-order valence-corrected chi connectivity index (χ4v) is 11.8. The molecule has 4 aliphatic rings. The number of methoxy groups -OCH3 is 1. The molecule has 72 heavy (non-hydrogen) atoms. The van der Waals surface area contributed by atoms with Gasteiger partial charge in [-0.15, -0.1) is 0 Å². The number of hydrogen-bond donors (Lipinski definition) is 3. The molecule has 1 unspecified atom stereocenters. The van der Waals surface area contributed by atoms with Crippen LogP contribution < -0.4 is 35.8 Å². The first-order valence-electron chi connectivity index (χ1n) is 23.9. The van der Waals surface area contributed by atoms with E-state index in [1.165, 1.54) is 0 Å². The van der Waals surface area contributed by atoms with Gasteiger partial charge in [0.1, 0.15) is 30.6 Å². The van der Waals surface area contributed by atoms with Crippen molar-refractivity contribution in [2.24, 2.45) is 13.0 Å². The molecule has 0 bridgehead atoms. The second-order valence-corrected chi connectivity index (χ2v) is 23.1. The lowest BCUT2D eigenvalue weighted by molar-refractivity contribution is -0.136. The molecular formula is C52H54BrFN11O6P. The van der Waals surface area contributed by atoms with E-state index in [0.29, 0.717) is 50.0 Å². The topological polar surface area (TPSA) is 187 Å². The second-order valence-electron chi connectivity index (χ2n) is 19.0. The first-order valence-corrected chi connectivity index (χ1v) is 27.3. The van der Waals surface area contributed by atoms with E-state index < -0.39 is 42.6 Å². The van der Waals surface area contributed by atoms with Crippen molar-refractivity contribution in [3.63, 3.8) is 0 Å². The van der Waals surface area contributed by atoms with Gasteiger partial charge in [-0.3, -0.25) is 39.0 Å². The molecule has 372 valence electrons. The molecule has 3 N–H and O–H groups in total. The molecule has 0 aliphatic carbocycles. The maximum absolute atomic E-state index is 16.3. The quantitative estimate of drug-likeness (QED) is 0.0757. The summed E-state index contributed by atoms with van der Waals surface area (Å²) >= 11 is 3.56. The number of benzene rings is 4. The van der Waals surface area contributed by atoms with Gasteiger partial charge in [-0.2, -0.15) is 10.1 Å². The van der Waals surface area contributed by atoms with Gasteiger partial charge in [0, 0.05) is 106 Å². The average molecular weight is 1060 g/mol. The molecule has 20 heteroatoms. The van der Waals surface area contributed by atoms with E-state index in [1.807, 2.05) is 68.0 Å². The Labute approximate surface area is 424 Å². The number of hydrogen-bond acceptors (Lipinski definition) is 14. The number of nitrogens with one attached hydrogen (secondary N) is 3. The van der Waals surface area contributed by atoms with E-state index in [1.54, 1.807) is 55.6 Å². The summed E-state index contributed by atoms with van der Waals surface area (Å²) < 4.78 is 38.2. The number of imide groups is 2. The molecule has 0 radical (unpaired) electrons. The zero-order valence-electron chi connectivity index (χ0n) is 40.3. The summed E-state index contributed by atoms with van der Waals surface area (Å²) in [6, 6.07) is 21.0. The minimum absolute atomic E-state index is 0.0767. The number of anilines is 6. The van der Waals surface area contributed by atoms with Crippen LogP contribution in [-0.4, -0.2) is 125 Å². The molecule has 4 aromatic carbocycles. The van der Waals surface area contributed by atoms with E-state index in [-0.39, 0.29) is 29.7 Å². The van der Waals surface area contributed by atoms with Crippen LogP contribution in [0.4, 0.5) is 38.9 Å². The van der Waals surface area contributed by atoms with Gasteiger partial charge in [0.05, 0.1) is 45.6 Å². The summed E-state index contributed by atoms with van der Waals surface area (Å²) in [5.74, 6) is -0.904. The fourth-order valence-electron chi connectivity index (χ4n) is 10.3. The van der Waals surface area contributed by atoms with E-state index in [2.05, 4.69) is 56.7 Å². The zero-order valence-corrected chi connectivity index (χ0v) is 42.8. The lowest BCUT2D eigenvalue weighted by atomic mass is 9.95. The Hall–Kier alpha value is -6.95. The number of nitrogens with zero attached hydrogens (tertiary/aromatic N) is 8. The van der Waals surface area contributed by atoms with Gasteiger partial charge in [0.25, 0.3) is 11.8 Å². The second kappa shape index (κ2) is 19.9. The molecule has 4 aliphatic heterocycles. The molecule has 4 amide bonds. The third-order valence-electron chi connectivity index (χ3n) is 13.9. The maximum Gasteiger partial charge on any atom is 0.262 e. The lowest BCUT2D eigenvalue weighted by Gasteiger charge is -2.40. The SMILES string of the molecule is COc1cc(N2CCN(CC3CCN(c4ccc5c(c4)C(=O)N(C4CCC(=O)NC4=O)C5=O)CC3)CC2)c(-c2cnn(C)c2)cc1Nc1ncc(Br)c(Nc2ccc(-c3ccccc3)c(F)c2P(C)(C)=O)n1. The van der Waals surface area contributed by atoms with Crippen molar-refractivity contribution in [2.75, 3.05) is 86.7 Å². The summed E-state index contributed by atoms with van der Waals surface area (Å²) in [6.07, 6.45) is 7.56. The molecule has 1 atom stereocenters. The van der Waals surface area contributed by atoms with Gasteiger partial charge in [0.15, 0.2) is 0 Å².